The molecule has 0 fully saturated rings. The third-order valence-electron chi connectivity index (χ3n) is 3.00. The minimum atomic E-state index is 0.198. The SMILES string of the molecule is CC(C)SCC(NN)c1cccc2ccccc12. The number of hydrogen-bond acceptors (Lipinski definition) is 3. The maximum atomic E-state index is 5.72. The van der Waals surface area contributed by atoms with Crippen molar-refractivity contribution in [2.75, 3.05) is 5.75 Å². The molecule has 2 rings (SSSR count). The van der Waals surface area contributed by atoms with Crippen LogP contribution in [0.2, 0.25) is 0 Å². The van der Waals surface area contributed by atoms with Gasteiger partial charge in [0.2, 0.25) is 0 Å². The molecule has 3 heteroatoms. The second-order valence-electron chi connectivity index (χ2n) is 4.67. The van der Waals surface area contributed by atoms with Gasteiger partial charge in [0.15, 0.2) is 0 Å². The van der Waals surface area contributed by atoms with E-state index in [4.69, 9.17) is 5.84 Å². The summed E-state index contributed by atoms with van der Waals surface area (Å²) in [7, 11) is 0. The molecule has 0 saturated heterocycles. The van der Waals surface area contributed by atoms with Gasteiger partial charge in [0.25, 0.3) is 0 Å². The fourth-order valence-corrected chi connectivity index (χ4v) is 2.92. The highest BCUT2D eigenvalue weighted by Gasteiger charge is 2.13. The molecule has 0 radical (unpaired) electrons. The maximum Gasteiger partial charge on any atom is 0.0556 e. The molecule has 2 nitrogen and oxygen atoms in total. The predicted molar refractivity (Wildman–Crippen MR) is 81.6 cm³/mol. The summed E-state index contributed by atoms with van der Waals surface area (Å²) >= 11 is 1.92. The normalized spacial score (nSPS) is 13.1. The molecule has 2 aromatic carbocycles. The van der Waals surface area contributed by atoms with Crippen LogP contribution >= 0.6 is 11.8 Å². The van der Waals surface area contributed by atoms with Crippen LogP contribution in [-0.2, 0) is 0 Å². The van der Waals surface area contributed by atoms with Gasteiger partial charge in [0.1, 0.15) is 0 Å². The van der Waals surface area contributed by atoms with Gasteiger partial charge in [-0.1, -0.05) is 56.3 Å². The monoisotopic (exact) mass is 260 g/mol. The van der Waals surface area contributed by atoms with E-state index in [1.165, 1.54) is 16.3 Å². The van der Waals surface area contributed by atoms with E-state index < -0.39 is 0 Å². The van der Waals surface area contributed by atoms with Crippen LogP contribution in [0.4, 0.5) is 0 Å². The van der Waals surface area contributed by atoms with E-state index >= 15 is 0 Å². The van der Waals surface area contributed by atoms with Gasteiger partial charge < -0.3 is 0 Å². The van der Waals surface area contributed by atoms with Gasteiger partial charge in [-0.05, 0) is 21.6 Å². The second-order valence-corrected chi connectivity index (χ2v) is 6.28. The van der Waals surface area contributed by atoms with Crippen molar-refractivity contribution in [3.63, 3.8) is 0 Å². The Bertz CT molecular complexity index is 505. The molecule has 1 atom stereocenters. The Hall–Kier alpha value is -1.03. The molecule has 0 aliphatic rings. The standard InChI is InChI=1S/C15H20N2S/c1-11(2)18-10-15(17-16)14-9-5-7-12-6-3-4-8-13(12)14/h3-9,11,15,17H,10,16H2,1-2H3. The zero-order valence-electron chi connectivity index (χ0n) is 10.9. The minimum absolute atomic E-state index is 0.198. The average molecular weight is 260 g/mol. The van der Waals surface area contributed by atoms with Crippen LogP contribution in [0, 0.1) is 0 Å². The molecular formula is C15H20N2S. The summed E-state index contributed by atoms with van der Waals surface area (Å²) in [6, 6.07) is 15.0. The molecule has 3 N–H and O–H groups in total. The van der Waals surface area contributed by atoms with Crippen molar-refractivity contribution in [1.82, 2.24) is 5.43 Å². The number of hydrazine groups is 1. The van der Waals surface area contributed by atoms with E-state index in [1.807, 2.05) is 11.8 Å². The number of hydrogen-bond donors (Lipinski definition) is 2. The van der Waals surface area contributed by atoms with Gasteiger partial charge in [0.05, 0.1) is 6.04 Å². The molecule has 2 aromatic rings. The lowest BCUT2D eigenvalue weighted by Gasteiger charge is -2.19. The van der Waals surface area contributed by atoms with Crippen LogP contribution in [0.1, 0.15) is 25.5 Å². The van der Waals surface area contributed by atoms with Crippen molar-refractivity contribution in [2.24, 2.45) is 5.84 Å². The van der Waals surface area contributed by atoms with Crippen LogP contribution in [0.25, 0.3) is 10.8 Å². The van der Waals surface area contributed by atoms with E-state index in [9.17, 15) is 0 Å². The molecule has 0 aliphatic carbocycles. The lowest BCUT2D eigenvalue weighted by molar-refractivity contribution is 0.614. The van der Waals surface area contributed by atoms with Gasteiger partial charge >= 0.3 is 0 Å². The van der Waals surface area contributed by atoms with E-state index in [2.05, 4.69) is 61.7 Å². The Kier molecular flexibility index (Phi) is 4.64. The minimum Gasteiger partial charge on any atom is -0.271 e. The smallest absolute Gasteiger partial charge is 0.0556 e. The van der Waals surface area contributed by atoms with Crippen molar-refractivity contribution in [1.29, 1.82) is 0 Å². The van der Waals surface area contributed by atoms with Gasteiger partial charge in [-0.15, -0.1) is 0 Å². The first-order valence-electron chi connectivity index (χ1n) is 6.27. The molecule has 0 bridgehead atoms. The lowest BCUT2D eigenvalue weighted by atomic mass is 10.00. The maximum absolute atomic E-state index is 5.72. The highest BCUT2D eigenvalue weighted by atomic mass is 32.2. The summed E-state index contributed by atoms with van der Waals surface area (Å²) in [4.78, 5) is 0. The van der Waals surface area contributed by atoms with Gasteiger partial charge in [-0.2, -0.15) is 11.8 Å². The van der Waals surface area contributed by atoms with Crippen LogP contribution in [0.5, 0.6) is 0 Å². The first-order chi connectivity index (χ1) is 8.72. The average Bonchev–Trinajstić information content (AvgIpc) is 2.39. The van der Waals surface area contributed by atoms with E-state index in [0.717, 1.165) is 5.75 Å². The number of thioether (sulfide) groups is 1. The van der Waals surface area contributed by atoms with Crippen molar-refractivity contribution in [3.05, 3.63) is 48.0 Å². The second kappa shape index (κ2) is 6.23. The predicted octanol–water partition coefficient (Wildman–Crippen LogP) is 3.49. The highest BCUT2D eigenvalue weighted by Crippen LogP contribution is 2.27. The highest BCUT2D eigenvalue weighted by molar-refractivity contribution is 7.99. The van der Waals surface area contributed by atoms with E-state index in [-0.39, 0.29) is 6.04 Å². The molecule has 96 valence electrons. The topological polar surface area (TPSA) is 38.0 Å². The van der Waals surface area contributed by atoms with Crippen molar-refractivity contribution >= 4 is 22.5 Å². The third-order valence-corrected chi connectivity index (χ3v) is 4.19. The summed E-state index contributed by atoms with van der Waals surface area (Å²) in [5.74, 6) is 6.71. The van der Waals surface area contributed by atoms with Crippen LogP contribution < -0.4 is 11.3 Å². The summed E-state index contributed by atoms with van der Waals surface area (Å²) in [6.45, 7) is 4.42. The van der Waals surface area contributed by atoms with Crippen LogP contribution in [0.3, 0.4) is 0 Å². The largest absolute Gasteiger partial charge is 0.271 e. The van der Waals surface area contributed by atoms with Crippen molar-refractivity contribution in [2.45, 2.75) is 25.1 Å². The molecule has 0 saturated carbocycles. The molecule has 0 spiro atoms. The lowest BCUT2D eigenvalue weighted by Crippen LogP contribution is -2.30. The molecule has 0 amide bonds. The molecule has 0 aliphatic heterocycles. The Morgan fingerprint density at radius 1 is 1.11 bits per heavy atom. The number of nitrogens with two attached hydrogens (primary N) is 1. The Labute approximate surface area is 113 Å². The molecule has 0 aromatic heterocycles. The third kappa shape index (κ3) is 3.05. The van der Waals surface area contributed by atoms with Crippen molar-refractivity contribution < 1.29 is 0 Å². The molecule has 0 heterocycles. The Morgan fingerprint density at radius 3 is 2.56 bits per heavy atom. The molecule has 18 heavy (non-hydrogen) atoms. The summed E-state index contributed by atoms with van der Waals surface area (Å²) in [5, 5.41) is 3.17. The number of fused-ring (bicyclic) bond motifs is 1. The summed E-state index contributed by atoms with van der Waals surface area (Å²) in [5.41, 5.74) is 4.23. The number of nitrogens with one attached hydrogen (secondary N) is 1. The molecule has 1 unspecified atom stereocenters. The first kappa shape index (κ1) is 13.4. The number of rotatable bonds is 5. The molecular weight excluding hydrogens is 240 g/mol. The zero-order chi connectivity index (χ0) is 13.0. The van der Waals surface area contributed by atoms with E-state index in [0.29, 0.717) is 5.25 Å². The fraction of sp³-hybridized carbons (Fsp3) is 0.333. The van der Waals surface area contributed by atoms with Gasteiger partial charge in [-0.3, -0.25) is 11.3 Å². The zero-order valence-corrected chi connectivity index (χ0v) is 11.7. The van der Waals surface area contributed by atoms with Crippen LogP contribution in [-0.4, -0.2) is 11.0 Å². The summed E-state index contributed by atoms with van der Waals surface area (Å²) < 4.78 is 0. The van der Waals surface area contributed by atoms with Crippen molar-refractivity contribution in [3.8, 4) is 0 Å². The van der Waals surface area contributed by atoms with Crippen LogP contribution in [0.15, 0.2) is 42.5 Å². The number of benzene rings is 2. The Morgan fingerprint density at radius 2 is 1.83 bits per heavy atom. The Balaban J connectivity index is 2.32. The van der Waals surface area contributed by atoms with Gasteiger partial charge in [-0.25, -0.2) is 0 Å². The first-order valence-corrected chi connectivity index (χ1v) is 7.32. The van der Waals surface area contributed by atoms with Gasteiger partial charge in [0, 0.05) is 5.75 Å². The quantitative estimate of drug-likeness (QED) is 0.638. The summed E-state index contributed by atoms with van der Waals surface area (Å²) in [6.07, 6.45) is 0. The fourth-order valence-electron chi connectivity index (χ4n) is 2.07. The van der Waals surface area contributed by atoms with E-state index in [1.54, 1.807) is 0 Å².